The fourth-order valence-corrected chi connectivity index (χ4v) is 5.05. The Labute approximate surface area is 222 Å². The number of rotatable bonds is 5. The summed E-state index contributed by atoms with van der Waals surface area (Å²) in [6.45, 7) is 10.3. The van der Waals surface area contributed by atoms with Crippen LogP contribution in [-0.2, 0) is 16.0 Å². The highest BCUT2D eigenvalue weighted by Gasteiger charge is 2.30. The van der Waals surface area contributed by atoms with Gasteiger partial charge in [0, 0.05) is 49.4 Å². The first kappa shape index (κ1) is 27.6. The van der Waals surface area contributed by atoms with Crippen molar-refractivity contribution in [3.63, 3.8) is 0 Å². The molecule has 0 spiro atoms. The summed E-state index contributed by atoms with van der Waals surface area (Å²) in [6.07, 6.45) is 1.29. The molecule has 1 aromatic heterocycles. The summed E-state index contributed by atoms with van der Waals surface area (Å²) < 4.78 is 32.5. The number of esters is 1. The number of hydrogen-bond donors (Lipinski definition) is 0. The molecule has 0 aliphatic carbocycles. The molecule has 0 N–H and O–H groups in total. The van der Waals surface area contributed by atoms with Gasteiger partial charge in [0.05, 0.1) is 25.3 Å². The minimum Gasteiger partial charge on any atom is -0.496 e. The first-order valence-electron chi connectivity index (χ1n) is 12.6. The molecule has 3 aromatic rings. The second-order valence-corrected chi connectivity index (χ2v) is 10.8. The average Bonchev–Trinajstić information content (AvgIpc) is 3.31. The molecule has 0 radical (unpaired) electrons. The lowest BCUT2D eigenvalue weighted by molar-refractivity contribution is 0.0542. The molecule has 2 heterocycles. The summed E-state index contributed by atoms with van der Waals surface area (Å²) in [5.41, 5.74) is 2.67. The molecule has 1 saturated heterocycles. The van der Waals surface area contributed by atoms with E-state index < -0.39 is 23.5 Å². The Bertz CT molecular complexity index is 1360. The van der Waals surface area contributed by atoms with Gasteiger partial charge in [0.25, 0.3) is 0 Å². The standard InChI is InChI=1S/C29H36FN3O5/c1-18-14-25(36-6)22(20-10-11-33(26(18)20)28(35)38-29(2,3)4)16-32-13-12-31(5)17-24(32)19-8-9-21(23(30)15-19)27(34)37-7/h8-11,14-15,24H,12-13,16-17H2,1-7H3. The molecule has 1 unspecified atom stereocenters. The number of carbonyl (C=O) groups excluding carboxylic acids is 2. The summed E-state index contributed by atoms with van der Waals surface area (Å²) in [5, 5.41) is 0.901. The van der Waals surface area contributed by atoms with Gasteiger partial charge in [0.15, 0.2) is 0 Å². The first-order chi connectivity index (χ1) is 17.9. The normalized spacial score (nSPS) is 17.0. The van der Waals surface area contributed by atoms with E-state index in [0.29, 0.717) is 13.1 Å². The maximum Gasteiger partial charge on any atom is 0.419 e. The van der Waals surface area contributed by atoms with Gasteiger partial charge in [0.1, 0.15) is 17.2 Å². The van der Waals surface area contributed by atoms with Crippen LogP contribution in [0, 0.1) is 12.7 Å². The molecule has 4 rings (SSSR count). The van der Waals surface area contributed by atoms with Crippen molar-refractivity contribution in [2.45, 2.75) is 45.9 Å². The van der Waals surface area contributed by atoms with Crippen molar-refractivity contribution in [1.29, 1.82) is 0 Å². The van der Waals surface area contributed by atoms with E-state index in [9.17, 15) is 14.0 Å². The SMILES string of the molecule is COC(=O)c1ccc(C2CN(C)CCN2Cc2c(OC)cc(C)c3c2ccn3C(=O)OC(C)(C)C)cc1F. The van der Waals surface area contributed by atoms with Gasteiger partial charge in [0.2, 0.25) is 0 Å². The molecule has 0 amide bonds. The van der Waals surface area contributed by atoms with Gasteiger partial charge in [-0.1, -0.05) is 6.07 Å². The Morgan fingerprint density at radius 1 is 1.11 bits per heavy atom. The summed E-state index contributed by atoms with van der Waals surface area (Å²) >= 11 is 0. The van der Waals surface area contributed by atoms with Gasteiger partial charge < -0.3 is 19.1 Å². The summed E-state index contributed by atoms with van der Waals surface area (Å²) in [5.74, 6) is -0.581. The van der Waals surface area contributed by atoms with E-state index >= 15 is 0 Å². The Balaban J connectivity index is 1.74. The van der Waals surface area contributed by atoms with E-state index in [0.717, 1.165) is 46.4 Å². The maximum absolute atomic E-state index is 14.9. The predicted molar refractivity (Wildman–Crippen MR) is 143 cm³/mol. The minimum absolute atomic E-state index is 0.0858. The van der Waals surface area contributed by atoms with Gasteiger partial charge in [-0.05, 0) is 70.1 Å². The van der Waals surface area contributed by atoms with E-state index in [-0.39, 0.29) is 11.6 Å². The number of methoxy groups -OCH3 is 2. The molecule has 38 heavy (non-hydrogen) atoms. The van der Waals surface area contributed by atoms with E-state index in [1.807, 2.05) is 46.9 Å². The number of fused-ring (bicyclic) bond motifs is 1. The zero-order valence-corrected chi connectivity index (χ0v) is 23.1. The third-order valence-electron chi connectivity index (χ3n) is 6.88. The zero-order chi connectivity index (χ0) is 27.8. The van der Waals surface area contributed by atoms with Crippen molar-refractivity contribution in [3.05, 3.63) is 64.6 Å². The monoisotopic (exact) mass is 525 g/mol. The number of ether oxygens (including phenoxy) is 3. The number of aromatic nitrogens is 1. The Hall–Kier alpha value is -3.43. The number of halogens is 1. The molecule has 1 aliphatic heterocycles. The van der Waals surface area contributed by atoms with Crippen LogP contribution in [0.5, 0.6) is 5.75 Å². The molecule has 8 nitrogen and oxygen atoms in total. The number of aryl methyl sites for hydroxylation is 1. The first-order valence-corrected chi connectivity index (χ1v) is 12.6. The van der Waals surface area contributed by atoms with E-state index in [2.05, 4.69) is 9.80 Å². The largest absolute Gasteiger partial charge is 0.496 e. The van der Waals surface area contributed by atoms with E-state index in [1.54, 1.807) is 23.9 Å². The highest BCUT2D eigenvalue weighted by molar-refractivity contribution is 5.95. The lowest BCUT2D eigenvalue weighted by Crippen LogP contribution is -2.46. The molecule has 204 valence electrons. The van der Waals surface area contributed by atoms with E-state index in [1.165, 1.54) is 19.2 Å². The topological polar surface area (TPSA) is 73.2 Å². The Morgan fingerprint density at radius 2 is 1.84 bits per heavy atom. The van der Waals surface area contributed by atoms with Crippen LogP contribution in [0.15, 0.2) is 36.5 Å². The molecule has 9 heteroatoms. The number of benzene rings is 2. The van der Waals surface area contributed by atoms with Crippen LogP contribution in [0.1, 0.15) is 53.9 Å². The molecule has 0 bridgehead atoms. The van der Waals surface area contributed by atoms with Crippen LogP contribution >= 0.6 is 0 Å². The number of piperazine rings is 1. The molecule has 1 atom stereocenters. The number of likely N-dealkylation sites (N-methyl/N-ethyl adjacent to an activating group) is 1. The summed E-state index contributed by atoms with van der Waals surface area (Å²) in [6, 6.07) is 8.42. The summed E-state index contributed by atoms with van der Waals surface area (Å²) in [4.78, 5) is 29.4. The molecule has 0 saturated carbocycles. The van der Waals surface area contributed by atoms with Crippen LogP contribution in [0.4, 0.5) is 9.18 Å². The second-order valence-electron chi connectivity index (χ2n) is 10.8. The smallest absolute Gasteiger partial charge is 0.419 e. The van der Waals surface area contributed by atoms with Crippen molar-refractivity contribution in [3.8, 4) is 5.75 Å². The minimum atomic E-state index is -0.701. The van der Waals surface area contributed by atoms with Gasteiger partial charge in [-0.15, -0.1) is 0 Å². The maximum atomic E-state index is 14.9. The highest BCUT2D eigenvalue weighted by atomic mass is 19.1. The average molecular weight is 526 g/mol. The van der Waals surface area contributed by atoms with Crippen molar-refractivity contribution in [2.75, 3.05) is 40.9 Å². The van der Waals surface area contributed by atoms with Gasteiger partial charge in [-0.2, -0.15) is 0 Å². The zero-order valence-electron chi connectivity index (χ0n) is 23.1. The molecular weight excluding hydrogens is 489 g/mol. The second kappa shape index (κ2) is 10.7. The molecule has 1 aliphatic rings. The fourth-order valence-electron chi connectivity index (χ4n) is 5.05. The van der Waals surface area contributed by atoms with Crippen LogP contribution in [0.2, 0.25) is 0 Å². The fraction of sp³-hybridized carbons (Fsp3) is 0.448. The molecule has 1 fully saturated rings. The van der Waals surface area contributed by atoms with Crippen molar-refractivity contribution in [1.82, 2.24) is 14.4 Å². The predicted octanol–water partition coefficient (Wildman–Crippen LogP) is 5.16. The summed E-state index contributed by atoms with van der Waals surface area (Å²) in [7, 11) is 4.91. The van der Waals surface area contributed by atoms with E-state index in [4.69, 9.17) is 14.2 Å². The van der Waals surface area contributed by atoms with Crippen LogP contribution in [-0.4, -0.2) is 72.9 Å². The van der Waals surface area contributed by atoms with Crippen molar-refractivity contribution >= 4 is 23.0 Å². The molecular formula is C29H36FN3O5. The van der Waals surface area contributed by atoms with Crippen LogP contribution in [0.3, 0.4) is 0 Å². The lowest BCUT2D eigenvalue weighted by atomic mass is 9.98. The van der Waals surface area contributed by atoms with Gasteiger partial charge in [-0.25, -0.2) is 14.0 Å². The Kier molecular flexibility index (Phi) is 7.80. The lowest BCUT2D eigenvalue weighted by Gasteiger charge is -2.40. The Morgan fingerprint density at radius 3 is 2.47 bits per heavy atom. The number of hydrogen-bond acceptors (Lipinski definition) is 7. The number of nitrogens with zero attached hydrogens (tertiary/aromatic N) is 3. The third-order valence-corrected chi connectivity index (χ3v) is 6.88. The van der Waals surface area contributed by atoms with Gasteiger partial charge >= 0.3 is 12.1 Å². The highest BCUT2D eigenvalue weighted by Crippen LogP contribution is 2.36. The van der Waals surface area contributed by atoms with Crippen LogP contribution < -0.4 is 4.74 Å². The number of carbonyl (C=O) groups is 2. The van der Waals surface area contributed by atoms with Crippen LogP contribution in [0.25, 0.3) is 10.9 Å². The van der Waals surface area contributed by atoms with Crippen molar-refractivity contribution in [2.24, 2.45) is 0 Å². The van der Waals surface area contributed by atoms with Crippen molar-refractivity contribution < 1.29 is 28.2 Å². The van der Waals surface area contributed by atoms with Gasteiger partial charge in [-0.3, -0.25) is 9.47 Å². The third kappa shape index (κ3) is 5.54. The molecule has 2 aromatic carbocycles. The quantitative estimate of drug-likeness (QED) is 0.426.